The number of hydrogen-bond acceptors (Lipinski definition) is 3. The van der Waals surface area contributed by atoms with E-state index in [1.54, 1.807) is 7.11 Å². The molecule has 2 atom stereocenters. The average molecular weight is 346 g/mol. The number of carboxylic acid groups (broad SMARTS) is 1. The van der Waals surface area contributed by atoms with Crippen molar-refractivity contribution in [3.05, 3.63) is 22.8 Å². The fraction of sp³-hybridized carbons (Fsp3) is 0.667. The predicted molar refractivity (Wildman–Crippen MR) is 97.5 cm³/mol. The van der Waals surface area contributed by atoms with Gasteiger partial charge in [0.15, 0.2) is 11.5 Å². The van der Waals surface area contributed by atoms with E-state index in [9.17, 15) is 15.0 Å². The van der Waals surface area contributed by atoms with Gasteiger partial charge in [0.05, 0.1) is 12.5 Å². The summed E-state index contributed by atoms with van der Waals surface area (Å²) in [6, 6.07) is 2.07. The van der Waals surface area contributed by atoms with Gasteiger partial charge in [-0.05, 0) is 48.5 Å². The molecule has 138 valence electrons. The minimum Gasteiger partial charge on any atom is -0.504 e. The van der Waals surface area contributed by atoms with E-state index in [0.717, 1.165) is 36.8 Å². The molecule has 0 heterocycles. The van der Waals surface area contributed by atoms with Crippen molar-refractivity contribution in [1.29, 1.82) is 0 Å². The van der Waals surface area contributed by atoms with Crippen molar-refractivity contribution in [2.24, 2.45) is 11.3 Å². The van der Waals surface area contributed by atoms with Crippen LogP contribution < -0.4 is 4.74 Å². The van der Waals surface area contributed by atoms with Crippen LogP contribution in [-0.4, -0.2) is 23.3 Å². The van der Waals surface area contributed by atoms with Gasteiger partial charge >= 0.3 is 5.97 Å². The number of rotatable bonds is 3. The summed E-state index contributed by atoms with van der Waals surface area (Å²) >= 11 is 0. The van der Waals surface area contributed by atoms with Crippen LogP contribution in [0.15, 0.2) is 6.07 Å². The molecule has 1 aromatic carbocycles. The van der Waals surface area contributed by atoms with E-state index in [0.29, 0.717) is 17.7 Å². The summed E-state index contributed by atoms with van der Waals surface area (Å²) in [5, 5.41) is 21.4. The smallest absolute Gasteiger partial charge is 0.314 e. The van der Waals surface area contributed by atoms with E-state index < -0.39 is 11.4 Å². The maximum absolute atomic E-state index is 12.6. The van der Waals surface area contributed by atoms with Gasteiger partial charge in [0.25, 0.3) is 0 Å². The summed E-state index contributed by atoms with van der Waals surface area (Å²) in [5.41, 5.74) is 1.49. The molecule has 4 nitrogen and oxygen atoms in total. The third-order valence-corrected chi connectivity index (χ3v) is 6.65. The topological polar surface area (TPSA) is 66.8 Å². The number of phenolic OH excluding ortho intramolecular Hbond substituents is 1. The first-order valence-corrected chi connectivity index (χ1v) is 9.33. The molecule has 0 spiro atoms. The fourth-order valence-electron chi connectivity index (χ4n) is 5.50. The molecular formula is C21H30O4. The number of hydrogen-bond donors (Lipinski definition) is 2. The van der Waals surface area contributed by atoms with Crippen molar-refractivity contribution in [1.82, 2.24) is 0 Å². The van der Waals surface area contributed by atoms with Crippen molar-refractivity contribution in [3.8, 4) is 11.5 Å². The first-order valence-electron chi connectivity index (χ1n) is 9.33. The Hall–Kier alpha value is -1.71. The predicted octanol–water partition coefficient (Wildman–Crippen LogP) is 4.62. The zero-order valence-corrected chi connectivity index (χ0v) is 16.0. The number of aryl methyl sites for hydroxylation is 1. The van der Waals surface area contributed by atoms with E-state index in [1.165, 1.54) is 0 Å². The quantitative estimate of drug-likeness (QED) is 0.838. The van der Waals surface area contributed by atoms with Gasteiger partial charge in [0.2, 0.25) is 0 Å². The van der Waals surface area contributed by atoms with Crippen molar-refractivity contribution in [2.45, 2.75) is 71.1 Å². The minimum atomic E-state index is -1.01. The molecule has 25 heavy (non-hydrogen) atoms. The molecule has 2 N–H and O–H groups in total. The highest BCUT2D eigenvalue weighted by Gasteiger charge is 2.58. The van der Waals surface area contributed by atoms with Crippen molar-refractivity contribution >= 4 is 5.97 Å². The van der Waals surface area contributed by atoms with Crippen LogP contribution in [0.5, 0.6) is 11.5 Å². The summed E-state index contributed by atoms with van der Waals surface area (Å²) in [6.07, 6.45) is 4.15. The van der Waals surface area contributed by atoms with Gasteiger partial charge in [-0.15, -0.1) is 0 Å². The zero-order chi connectivity index (χ0) is 18.6. The molecule has 4 heteroatoms. The van der Waals surface area contributed by atoms with Crippen LogP contribution in [0.25, 0.3) is 0 Å². The molecule has 0 amide bonds. The zero-order valence-electron chi connectivity index (χ0n) is 16.0. The Balaban J connectivity index is 2.32. The Morgan fingerprint density at radius 3 is 2.56 bits per heavy atom. The maximum atomic E-state index is 12.6. The van der Waals surface area contributed by atoms with E-state index in [-0.39, 0.29) is 23.0 Å². The van der Waals surface area contributed by atoms with E-state index >= 15 is 0 Å². The highest BCUT2D eigenvalue weighted by Crippen LogP contribution is 2.60. The monoisotopic (exact) mass is 346 g/mol. The minimum absolute atomic E-state index is 0.0271. The van der Waals surface area contributed by atoms with Crippen LogP contribution in [0, 0.1) is 11.3 Å². The van der Waals surface area contributed by atoms with Crippen molar-refractivity contribution in [2.75, 3.05) is 7.11 Å². The SMILES string of the molecule is COc1c(C(C)C)cc2c(c1O)[C@@]1(C(=O)O)CCCC(C)(C)C1CC2. The lowest BCUT2D eigenvalue weighted by Crippen LogP contribution is -2.54. The molecule has 0 aromatic heterocycles. The Morgan fingerprint density at radius 1 is 1.32 bits per heavy atom. The van der Waals surface area contributed by atoms with Crippen LogP contribution in [-0.2, 0) is 16.6 Å². The fourth-order valence-corrected chi connectivity index (χ4v) is 5.50. The van der Waals surface area contributed by atoms with Crippen molar-refractivity contribution in [3.63, 3.8) is 0 Å². The summed E-state index contributed by atoms with van der Waals surface area (Å²) in [4.78, 5) is 12.6. The molecule has 0 radical (unpaired) electrons. The maximum Gasteiger partial charge on any atom is 0.314 e. The number of fused-ring (bicyclic) bond motifs is 3. The summed E-state index contributed by atoms with van der Waals surface area (Å²) in [5.74, 6) is -0.0838. The van der Waals surface area contributed by atoms with Crippen LogP contribution in [0.2, 0.25) is 0 Å². The van der Waals surface area contributed by atoms with Crippen LogP contribution in [0.3, 0.4) is 0 Å². The van der Waals surface area contributed by atoms with Gasteiger partial charge < -0.3 is 14.9 Å². The highest BCUT2D eigenvalue weighted by atomic mass is 16.5. The number of aliphatic carboxylic acids is 1. The normalized spacial score (nSPS) is 27.5. The number of benzene rings is 1. The number of carbonyl (C=O) groups is 1. The van der Waals surface area contributed by atoms with E-state index in [1.807, 2.05) is 0 Å². The van der Waals surface area contributed by atoms with Crippen LogP contribution in [0.1, 0.15) is 76.0 Å². The number of ether oxygens (including phenoxy) is 1. The molecule has 3 rings (SSSR count). The van der Waals surface area contributed by atoms with Gasteiger partial charge in [-0.3, -0.25) is 4.79 Å². The second-order valence-corrected chi connectivity index (χ2v) is 8.75. The third kappa shape index (κ3) is 2.44. The molecule has 0 bridgehead atoms. The first-order chi connectivity index (χ1) is 11.7. The van der Waals surface area contributed by atoms with Gasteiger partial charge in [0.1, 0.15) is 0 Å². The number of methoxy groups -OCH3 is 1. The lowest BCUT2D eigenvalue weighted by Gasteiger charge is -2.53. The largest absolute Gasteiger partial charge is 0.504 e. The molecule has 1 saturated carbocycles. The van der Waals surface area contributed by atoms with Crippen LogP contribution >= 0.6 is 0 Å². The molecule has 2 aliphatic carbocycles. The summed E-state index contributed by atoms with van der Waals surface area (Å²) < 4.78 is 5.52. The van der Waals surface area contributed by atoms with Gasteiger partial charge in [-0.2, -0.15) is 0 Å². The van der Waals surface area contributed by atoms with E-state index in [4.69, 9.17) is 4.74 Å². The second-order valence-electron chi connectivity index (χ2n) is 8.75. The van der Waals surface area contributed by atoms with Gasteiger partial charge in [0, 0.05) is 11.1 Å². The standard InChI is InChI=1S/C21H30O4/c1-12(2)14-11-13-7-8-15-20(3,4)9-6-10-21(15,19(23)24)16(13)17(22)18(14)25-5/h11-12,15,22H,6-10H2,1-5H3,(H,23,24)/t15?,21-/m1/s1. The molecule has 1 aromatic rings. The van der Waals surface area contributed by atoms with E-state index in [2.05, 4.69) is 33.8 Å². The lowest BCUT2D eigenvalue weighted by atomic mass is 9.49. The van der Waals surface area contributed by atoms with Gasteiger partial charge in [-0.25, -0.2) is 0 Å². The molecule has 0 saturated heterocycles. The van der Waals surface area contributed by atoms with Gasteiger partial charge in [-0.1, -0.05) is 40.2 Å². The molecule has 1 unspecified atom stereocenters. The summed E-state index contributed by atoms with van der Waals surface area (Å²) in [7, 11) is 1.55. The number of aromatic hydroxyl groups is 1. The Bertz CT molecular complexity index is 704. The van der Waals surface area contributed by atoms with Crippen molar-refractivity contribution < 1.29 is 19.7 Å². The number of phenols is 1. The average Bonchev–Trinajstić information content (AvgIpc) is 2.53. The van der Waals surface area contributed by atoms with Crippen LogP contribution in [0.4, 0.5) is 0 Å². The first kappa shape index (κ1) is 18.1. The lowest BCUT2D eigenvalue weighted by molar-refractivity contribution is -0.152. The summed E-state index contributed by atoms with van der Waals surface area (Å²) in [6.45, 7) is 8.48. The highest BCUT2D eigenvalue weighted by molar-refractivity contribution is 5.85. The molecule has 1 fully saturated rings. The molecule has 0 aliphatic heterocycles. The second kappa shape index (κ2) is 5.93. The Kier molecular flexibility index (Phi) is 4.29. The Morgan fingerprint density at radius 2 is 2.00 bits per heavy atom. The molecular weight excluding hydrogens is 316 g/mol. The Labute approximate surface area is 150 Å². The molecule has 2 aliphatic rings. The third-order valence-electron chi connectivity index (χ3n) is 6.65. The number of carboxylic acids is 1.